The Kier molecular flexibility index (Phi) is 4.88. The molecule has 3 heteroatoms. The number of thioether (sulfide) groups is 1. The van der Waals surface area contributed by atoms with Gasteiger partial charge in [-0.25, -0.2) is 0 Å². The van der Waals surface area contributed by atoms with Crippen LogP contribution in [-0.2, 0) is 6.54 Å². The van der Waals surface area contributed by atoms with Gasteiger partial charge in [0.05, 0.1) is 0 Å². The van der Waals surface area contributed by atoms with Gasteiger partial charge in [-0.15, -0.1) is 11.8 Å². The lowest BCUT2D eigenvalue weighted by atomic mass is 9.81. The van der Waals surface area contributed by atoms with Gasteiger partial charge in [-0.1, -0.05) is 34.1 Å². The molecule has 0 saturated carbocycles. The molecule has 0 atom stereocenters. The number of benzene rings is 1. The van der Waals surface area contributed by atoms with E-state index in [-0.39, 0.29) is 0 Å². The van der Waals surface area contributed by atoms with Crippen LogP contribution in [0.2, 0.25) is 0 Å². The first-order valence-electron chi connectivity index (χ1n) is 9.26. The Morgan fingerprint density at radius 3 is 2.84 bits per heavy atom. The van der Waals surface area contributed by atoms with Crippen molar-refractivity contribution < 1.29 is 4.57 Å². The van der Waals surface area contributed by atoms with Gasteiger partial charge in [0.25, 0.3) is 5.01 Å². The Balaban J connectivity index is 1.71. The van der Waals surface area contributed by atoms with Gasteiger partial charge in [0.1, 0.15) is 11.2 Å². The third-order valence-corrected chi connectivity index (χ3v) is 7.28. The summed E-state index contributed by atoms with van der Waals surface area (Å²) in [6, 6.07) is 6.87. The van der Waals surface area contributed by atoms with Crippen molar-refractivity contribution in [3.8, 4) is 0 Å². The van der Waals surface area contributed by atoms with Gasteiger partial charge in [0.2, 0.25) is 5.52 Å². The van der Waals surface area contributed by atoms with E-state index in [4.69, 9.17) is 0 Å². The molecular formula is C22H26NS2+. The molecule has 0 amide bonds. The molecule has 2 aliphatic carbocycles. The zero-order chi connectivity index (χ0) is 17.4. The highest BCUT2D eigenvalue weighted by Crippen LogP contribution is 2.38. The second-order valence-electron chi connectivity index (χ2n) is 7.12. The molecule has 0 bridgehead atoms. The summed E-state index contributed by atoms with van der Waals surface area (Å²) in [4.78, 5) is 1.35. The molecule has 0 N–H and O–H groups in total. The maximum Gasteiger partial charge on any atom is 0.262 e. The fraction of sp³-hybridized carbons (Fsp3) is 0.409. The quantitative estimate of drug-likeness (QED) is 0.440. The minimum absolute atomic E-state index is 1.03. The van der Waals surface area contributed by atoms with Crippen LogP contribution < -0.4 is 4.57 Å². The summed E-state index contributed by atoms with van der Waals surface area (Å²) in [5, 5.41) is 1.41. The average Bonchev–Trinajstić information content (AvgIpc) is 2.97. The number of rotatable bonds is 3. The number of hydrogen-bond donors (Lipinski definition) is 0. The van der Waals surface area contributed by atoms with Crippen LogP contribution in [0.15, 0.2) is 51.5 Å². The van der Waals surface area contributed by atoms with Gasteiger partial charge in [-0.3, -0.25) is 0 Å². The van der Waals surface area contributed by atoms with Crippen LogP contribution in [0.1, 0.15) is 51.0 Å². The molecule has 1 heterocycles. The number of hydrogen-bond acceptors (Lipinski definition) is 2. The van der Waals surface area contributed by atoms with Crippen molar-refractivity contribution in [1.29, 1.82) is 0 Å². The zero-order valence-corrected chi connectivity index (χ0v) is 17.0. The molecule has 1 nitrogen and oxygen atoms in total. The fourth-order valence-electron chi connectivity index (χ4n) is 4.03. The molecule has 0 aliphatic heterocycles. The van der Waals surface area contributed by atoms with Crippen molar-refractivity contribution in [3.63, 3.8) is 0 Å². The molecule has 4 rings (SSSR count). The molecule has 0 unspecified atom stereocenters. The van der Waals surface area contributed by atoms with Crippen LogP contribution in [0.5, 0.6) is 0 Å². The summed E-state index contributed by atoms with van der Waals surface area (Å²) in [6.07, 6.45) is 13.3. The molecule has 2 aromatic rings. The van der Waals surface area contributed by atoms with Gasteiger partial charge in [-0.05, 0) is 69.9 Å². The van der Waals surface area contributed by atoms with E-state index >= 15 is 0 Å². The molecular weight excluding hydrogens is 342 g/mol. The Morgan fingerprint density at radius 1 is 1.20 bits per heavy atom. The summed E-state index contributed by atoms with van der Waals surface area (Å²) in [7, 11) is 0. The Labute approximate surface area is 159 Å². The fourth-order valence-corrected chi connectivity index (χ4v) is 5.66. The normalized spacial score (nSPS) is 19.5. The van der Waals surface area contributed by atoms with Crippen molar-refractivity contribution in [1.82, 2.24) is 0 Å². The van der Waals surface area contributed by atoms with Crippen LogP contribution in [0.25, 0.3) is 16.3 Å². The molecule has 0 radical (unpaired) electrons. The van der Waals surface area contributed by atoms with Crippen molar-refractivity contribution in [2.75, 3.05) is 6.26 Å². The molecule has 0 fully saturated rings. The monoisotopic (exact) mass is 368 g/mol. The first kappa shape index (κ1) is 17.1. The standard InChI is InChI=1S/C22H26NS2/c1-4-23-20-14-19(24-3)9-10-21(20)25-22(23)13-16-6-8-17-7-5-15(2)11-18(17)12-16/h9-11,13-14H,4-8,12H2,1-3H3/q+1. The number of aryl methyl sites for hydroxylation is 1. The molecule has 0 saturated heterocycles. The van der Waals surface area contributed by atoms with Gasteiger partial charge in [-0.2, -0.15) is 4.57 Å². The largest absolute Gasteiger partial charge is 0.262 e. The van der Waals surface area contributed by atoms with E-state index in [2.05, 4.69) is 55.0 Å². The van der Waals surface area contributed by atoms with E-state index < -0.39 is 0 Å². The number of allylic oxidation sites excluding steroid dienone is 5. The minimum atomic E-state index is 1.03. The van der Waals surface area contributed by atoms with E-state index in [9.17, 15) is 0 Å². The van der Waals surface area contributed by atoms with E-state index in [1.165, 1.54) is 45.8 Å². The smallest absolute Gasteiger partial charge is 0.182 e. The van der Waals surface area contributed by atoms with Crippen molar-refractivity contribution in [2.45, 2.75) is 57.4 Å². The van der Waals surface area contributed by atoms with Crippen molar-refractivity contribution >= 4 is 39.4 Å². The van der Waals surface area contributed by atoms with Crippen LogP contribution in [0.4, 0.5) is 0 Å². The summed E-state index contributed by atoms with van der Waals surface area (Å²) in [6.45, 7) is 5.57. The van der Waals surface area contributed by atoms with E-state index in [1.54, 1.807) is 22.3 Å². The van der Waals surface area contributed by atoms with E-state index in [0.717, 1.165) is 13.0 Å². The molecule has 25 heavy (non-hydrogen) atoms. The number of thiazole rings is 1. The highest BCUT2D eigenvalue weighted by atomic mass is 32.2. The lowest BCUT2D eigenvalue weighted by Gasteiger charge is -2.24. The number of fused-ring (bicyclic) bond motifs is 1. The molecule has 2 aliphatic rings. The van der Waals surface area contributed by atoms with Crippen molar-refractivity contribution in [3.05, 3.63) is 51.6 Å². The summed E-state index contributed by atoms with van der Waals surface area (Å²) in [5.74, 6) is 0. The maximum atomic E-state index is 2.48. The predicted octanol–water partition coefficient (Wildman–Crippen LogP) is 6.53. The summed E-state index contributed by atoms with van der Waals surface area (Å²) < 4.78 is 3.88. The molecule has 1 aromatic heterocycles. The number of nitrogens with zero attached hydrogens (tertiary/aromatic N) is 1. The SMILES string of the molecule is CC[n+]1c(C=C2CCC3=C(C=C(C)CC3)C2)sc2ccc(SC)cc21. The highest BCUT2D eigenvalue weighted by Gasteiger charge is 2.22. The maximum absolute atomic E-state index is 2.48. The minimum Gasteiger partial charge on any atom is -0.182 e. The van der Waals surface area contributed by atoms with Crippen LogP contribution in [-0.4, -0.2) is 6.26 Å². The van der Waals surface area contributed by atoms with E-state index in [1.807, 2.05) is 23.1 Å². The third kappa shape index (κ3) is 3.37. The lowest BCUT2D eigenvalue weighted by molar-refractivity contribution is -0.665. The van der Waals surface area contributed by atoms with Crippen LogP contribution >= 0.6 is 23.1 Å². The van der Waals surface area contributed by atoms with Gasteiger partial charge in [0.15, 0.2) is 0 Å². The third-order valence-electron chi connectivity index (χ3n) is 5.44. The van der Waals surface area contributed by atoms with Crippen LogP contribution in [0.3, 0.4) is 0 Å². The topological polar surface area (TPSA) is 3.88 Å². The van der Waals surface area contributed by atoms with Gasteiger partial charge in [0, 0.05) is 17.0 Å². The van der Waals surface area contributed by atoms with Crippen LogP contribution in [0, 0.1) is 0 Å². The van der Waals surface area contributed by atoms with E-state index in [0.29, 0.717) is 0 Å². The summed E-state index contributed by atoms with van der Waals surface area (Å²) >= 11 is 3.76. The highest BCUT2D eigenvalue weighted by molar-refractivity contribution is 7.98. The Bertz CT molecular complexity index is 911. The average molecular weight is 369 g/mol. The molecule has 130 valence electrons. The first-order valence-corrected chi connectivity index (χ1v) is 11.3. The predicted molar refractivity (Wildman–Crippen MR) is 111 cm³/mol. The molecule has 0 spiro atoms. The number of aromatic nitrogens is 1. The first-order chi connectivity index (χ1) is 12.2. The lowest BCUT2D eigenvalue weighted by Crippen LogP contribution is -2.33. The molecule has 1 aromatic carbocycles. The second kappa shape index (κ2) is 7.13. The summed E-state index contributed by atoms with van der Waals surface area (Å²) in [5.41, 5.74) is 7.86. The zero-order valence-electron chi connectivity index (χ0n) is 15.4. The Morgan fingerprint density at radius 2 is 2.04 bits per heavy atom. The second-order valence-corrected chi connectivity index (χ2v) is 9.06. The van der Waals surface area contributed by atoms with Crippen molar-refractivity contribution in [2.24, 2.45) is 0 Å². The van der Waals surface area contributed by atoms with Gasteiger partial charge >= 0.3 is 0 Å². The van der Waals surface area contributed by atoms with Gasteiger partial charge < -0.3 is 0 Å². The Hall–Kier alpha value is -1.32.